The van der Waals surface area contributed by atoms with Crippen LogP contribution in [0, 0.1) is 23.2 Å². The Kier molecular flexibility index (Phi) is 3.25. The molecule has 5 fully saturated rings. The van der Waals surface area contributed by atoms with Crippen molar-refractivity contribution in [3.63, 3.8) is 0 Å². The molecule has 4 bridgehead atoms. The van der Waals surface area contributed by atoms with Gasteiger partial charge in [-0.1, -0.05) is 0 Å². The van der Waals surface area contributed by atoms with Gasteiger partial charge in [0.05, 0.1) is 5.88 Å². The second kappa shape index (κ2) is 4.90. The van der Waals surface area contributed by atoms with E-state index in [0.29, 0.717) is 18.1 Å². The van der Waals surface area contributed by atoms with Gasteiger partial charge in [0, 0.05) is 12.2 Å². The van der Waals surface area contributed by atoms with Gasteiger partial charge < -0.3 is 10.0 Å². The van der Waals surface area contributed by atoms with E-state index >= 15 is 0 Å². The molecule has 0 spiro atoms. The highest BCUT2D eigenvalue weighted by atomic mass is 32.2. The number of hydrogen-bond acceptors (Lipinski definition) is 3. The number of hydrogen-bond donors (Lipinski definition) is 1. The fraction of sp³-hybridized carbons (Fsp3) is 0.875. The second-order valence-electron chi connectivity index (χ2n) is 7.81. The number of carboxylic acid groups (broad SMARTS) is 1. The predicted molar refractivity (Wildman–Crippen MR) is 80.8 cm³/mol. The summed E-state index contributed by atoms with van der Waals surface area (Å²) in [7, 11) is 0. The van der Waals surface area contributed by atoms with Gasteiger partial charge in [-0.3, -0.25) is 4.79 Å². The van der Waals surface area contributed by atoms with Crippen molar-refractivity contribution < 1.29 is 14.7 Å². The minimum atomic E-state index is -0.848. The smallest absolute Gasteiger partial charge is 0.327 e. The average molecular weight is 309 g/mol. The SMILES string of the molecule is O=C(O)[C@@H]1CSCN1C(=O)CC12CC3CC(CC(C3)C1)C2. The summed E-state index contributed by atoms with van der Waals surface area (Å²) in [5, 5.41) is 9.25. The van der Waals surface area contributed by atoms with Crippen LogP contribution in [0.25, 0.3) is 0 Å². The van der Waals surface area contributed by atoms with E-state index in [9.17, 15) is 14.7 Å². The Morgan fingerprint density at radius 1 is 1.10 bits per heavy atom. The summed E-state index contributed by atoms with van der Waals surface area (Å²) in [5.74, 6) is 2.87. The summed E-state index contributed by atoms with van der Waals surface area (Å²) >= 11 is 1.56. The van der Waals surface area contributed by atoms with Gasteiger partial charge in [-0.05, 0) is 61.7 Å². The maximum Gasteiger partial charge on any atom is 0.327 e. The molecule has 4 saturated carbocycles. The van der Waals surface area contributed by atoms with Crippen LogP contribution in [0.5, 0.6) is 0 Å². The summed E-state index contributed by atoms with van der Waals surface area (Å²) in [6.07, 6.45) is 8.37. The van der Waals surface area contributed by atoms with Crippen molar-refractivity contribution in [1.82, 2.24) is 4.90 Å². The van der Waals surface area contributed by atoms with Crippen molar-refractivity contribution >= 4 is 23.6 Å². The third-order valence-electron chi connectivity index (χ3n) is 6.18. The summed E-state index contributed by atoms with van der Waals surface area (Å²) in [5.41, 5.74) is 0.210. The van der Waals surface area contributed by atoms with Crippen molar-refractivity contribution in [3.8, 4) is 0 Å². The predicted octanol–water partition coefficient (Wildman–Crippen LogP) is 2.58. The molecule has 0 aromatic carbocycles. The average Bonchev–Trinajstić information content (AvgIpc) is 2.85. The van der Waals surface area contributed by atoms with Gasteiger partial charge >= 0.3 is 5.97 Å². The van der Waals surface area contributed by atoms with Crippen molar-refractivity contribution in [1.29, 1.82) is 0 Å². The van der Waals surface area contributed by atoms with Gasteiger partial charge in [-0.25, -0.2) is 4.79 Å². The first-order valence-corrected chi connectivity index (χ1v) is 9.30. The number of carbonyl (C=O) groups excluding carboxylic acids is 1. The minimum absolute atomic E-state index is 0.0920. The topological polar surface area (TPSA) is 57.6 Å². The molecule has 1 heterocycles. The summed E-state index contributed by atoms with van der Waals surface area (Å²) in [6.45, 7) is 0. The van der Waals surface area contributed by atoms with E-state index in [1.54, 1.807) is 16.7 Å². The van der Waals surface area contributed by atoms with Gasteiger partial charge in [0.1, 0.15) is 6.04 Å². The fourth-order valence-electron chi connectivity index (χ4n) is 5.82. The molecule has 4 nitrogen and oxygen atoms in total. The Bertz CT molecular complexity index is 443. The quantitative estimate of drug-likeness (QED) is 0.870. The van der Waals surface area contributed by atoms with E-state index in [0.717, 1.165) is 17.8 Å². The summed E-state index contributed by atoms with van der Waals surface area (Å²) in [4.78, 5) is 25.6. The van der Waals surface area contributed by atoms with Crippen LogP contribution in [0.3, 0.4) is 0 Å². The van der Waals surface area contributed by atoms with Crippen molar-refractivity contribution in [2.24, 2.45) is 23.2 Å². The first-order valence-electron chi connectivity index (χ1n) is 8.15. The maximum absolute atomic E-state index is 12.7. The van der Waals surface area contributed by atoms with E-state index in [1.807, 2.05) is 0 Å². The highest BCUT2D eigenvalue weighted by molar-refractivity contribution is 7.99. The third-order valence-corrected chi connectivity index (χ3v) is 7.19. The standard InChI is InChI=1S/C16H23NO3S/c18-14(17-9-21-8-13(17)15(19)20)7-16-4-10-1-11(5-16)3-12(2-10)6-16/h10-13H,1-9H2,(H,19,20)/t10?,11?,12?,13-,16?/m0/s1. The minimum Gasteiger partial charge on any atom is -0.480 e. The van der Waals surface area contributed by atoms with Gasteiger partial charge in [-0.15, -0.1) is 11.8 Å². The molecule has 1 N–H and O–H groups in total. The zero-order chi connectivity index (χ0) is 14.6. The van der Waals surface area contributed by atoms with Gasteiger partial charge in [0.2, 0.25) is 5.91 Å². The lowest BCUT2D eigenvalue weighted by Crippen LogP contribution is -2.50. The molecular weight excluding hydrogens is 286 g/mol. The van der Waals surface area contributed by atoms with E-state index in [4.69, 9.17) is 0 Å². The summed E-state index contributed by atoms with van der Waals surface area (Å²) < 4.78 is 0. The van der Waals surface area contributed by atoms with Crippen LogP contribution in [-0.2, 0) is 9.59 Å². The molecule has 116 valence electrons. The van der Waals surface area contributed by atoms with Crippen LogP contribution in [0.2, 0.25) is 0 Å². The van der Waals surface area contributed by atoms with Crippen LogP contribution in [0.15, 0.2) is 0 Å². The van der Waals surface area contributed by atoms with Crippen LogP contribution < -0.4 is 0 Å². The number of rotatable bonds is 3. The molecule has 1 aliphatic heterocycles. The largest absolute Gasteiger partial charge is 0.480 e. The van der Waals surface area contributed by atoms with E-state index < -0.39 is 12.0 Å². The normalized spacial score (nSPS) is 44.3. The Morgan fingerprint density at radius 2 is 1.67 bits per heavy atom. The van der Waals surface area contributed by atoms with Crippen molar-refractivity contribution in [3.05, 3.63) is 0 Å². The number of thioether (sulfide) groups is 1. The molecular formula is C16H23NO3S. The highest BCUT2D eigenvalue weighted by Crippen LogP contribution is 2.61. The molecule has 5 aliphatic rings. The number of aliphatic carboxylic acids is 1. The van der Waals surface area contributed by atoms with Crippen LogP contribution in [-0.4, -0.2) is 39.6 Å². The van der Waals surface area contributed by atoms with Crippen molar-refractivity contribution in [2.45, 2.75) is 51.0 Å². The van der Waals surface area contributed by atoms with Crippen LogP contribution in [0.1, 0.15) is 44.9 Å². The van der Waals surface area contributed by atoms with Crippen LogP contribution >= 0.6 is 11.8 Å². The Hall–Kier alpha value is -0.710. The van der Waals surface area contributed by atoms with Gasteiger partial charge in [-0.2, -0.15) is 0 Å². The number of nitrogens with zero attached hydrogens (tertiary/aromatic N) is 1. The zero-order valence-corrected chi connectivity index (χ0v) is 13.1. The first-order chi connectivity index (χ1) is 10.0. The van der Waals surface area contributed by atoms with Gasteiger partial charge in [0.25, 0.3) is 0 Å². The molecule has 5 rings (SSSR count). The molecule has 0 aromatic rings. The Balaban J connectivity index is 1.48. The fourth-order valence-corrected chi connectivity index (χ4v) is 6.99. The number of carbonyl (C=O) groups is 2. The van der Waals surface area contributed by atoms with E-state index in [2.05, 4.69) is 0 Å². The van der Waals surface area contributed by atoms with E-state index in [-0.39, 0.29) is 11.3 Å². The lowest BCUT2D eigenvalue weighted by atomic mass is 9.49. The number of carboxylic acids is 1. The molecule has 1 saturated heterocycles. The molecule has 1 amide bonds. The first kappa shape index (κ1) is 13.9. The van der Waals surface area contributed by atoms with Crippen molar-refractivity contribution in [2.75, 3.05) is 11.6 Å². The molecule has 21 heavy (non-hydrogen) atoms. The monoisotopic (exact) mass is 309 g/mol. The summed E-state index contributed by atoms with van der Waals surface area (Å²) in [6, 6.07) is -0.601. The lowest BCUT2D eigenvalue weighted by molar-refractivity contribution is -0.151. The molecule has 0 unspecified atom stereocenters. The maximum atomic E-state index is 12.7. The van der Waals surface area contributed by atoms with E-state index in [1.165, 1.54) is 38.5 Å². The molecule has 5 heteroatoms. The lowest BCUT2D eigenvalue weighted by Gasteiger charge is -2.57. The molecule has 4 aliphatic carbocycles. The Morgan fingerprint density at radius 3 is 2.19 bits per heavy atom. The Labute approximate surface area is 129 Å². The van der Waals surface area contributed by atoms with Gasteiger partial charge in [0.15, 0.2) is 0 Å². The molecule has 0 radical (unpaired) electrons. The second-order valence-corrected chi connectivity index (χ2v) is 8.81. The molecule has 0 aromatic heterocycles. The zero-order valence-electron chi connectivity index (χ0n) is 12.3. The number of amides is 1. The molecule has 1 atom stereocenters. The third kappa shape index (κ3) is 2.37. The van der Waals surface area contributed by atoms with Crippen LogP contribution in [0.4, 0.5) is 0 Å². The highest BCUT2D eigenvalue weighted by Gasteiger charge is 2.52.